The summed E-state index contributed by atoms with van der Waals surface area (Å²) in [4.78, 5) is 8.53. The van der Waals surface area contributed by atoms with E-state index in [2.05, 4.69) is 32.3 Å². The molecule has 122 valence electrons. The summed E-state index contributed by atoms with van der Waals surface area (Å²) in [6.45, 7) is 1.94. The molecule has 0 aliphatic carbocycles. The quantitative estimate of drug-likeness (QED) is 0.493. The largest absolute Gasteiger partial charge is 0.283 e. The zero-order valence-corrected chi connectivity index (χ0v) is 13.9. The van der Waals surface area contributed by atoms with Gasteiger partial charge in [0.25, 0.3) is 0 Å². The highest BCUT2D eigenvalue weighted by molar-refractivity contribution is 5.51. The number of pyridine rings is 2. The van der Waals surface area contributed by atoms with Crippen LogP contribution in [0.4, 0.5) is 11.5 Å². The lowest BCUT2D eigenvalue weighted by molar-refractivity contribution is 1.09. The molecular weight excluding hydrogens is 310 g/mol. The monoisotopic (exact) mass is 327 g/mol. The summed E-state index contributed by atoms with van der Waals surface area (Å²) in [7, 11) is 0. The zero-order chi connectivity index (χ0) is 17.1. The van der Waals surface area contributed by atoms with E-state index in [1.165, 1.54) is 11.1 Å². The van der Waals surface area contributed by atoms with E-state index in [1.54, 1.807) is 0 Å². The summed E-state index contributed by atoms with van der Waals surface area (Å²) < 4.78 is 1.94. The highest BCUT2D eigenvalue weighted by atomic mass is 15.2. The van der Waals surface area contributed by atoms with Crippen LogP contribution in [0.15, 0.2) is 83.4 Å². The molecule has 0 bridgehead atoms. The van der Waals surface area contributed by atoms with Crippen molar-refractivity contribution in [3.05, 3.63) is 90.0 Å². The Morgan fingerprint density at radius 2 is 1.64 bits per heavy atom. The maximum Gasteiger partial charge on any atom is 0.182 e. The van der Waals surface area contributed by atoms with Gasteiger partial charge in [-0.25, -0.2) is 4.98 Å². The second-order valence-electron chi connectivity index (χ2n) is 5.85. The molecule has 0 amide bonds. The van der Waals surface area contributed by atoms with Crippen LogP contribution in [0.3, 0.4) is 0 Å². The van der Waals surface area contributed by atoms with E-state index >= 15 is 0 Å². The van der Waals surface area contributed by atoms with Crippen molar-refractivity contribution in [3.8, 4) is 0 Å². The molecule has 0 aliphatic heterocycles. The lowest BCUT2D eigenvalue weighted by Gasteiger charge is -2.01. The highest BCUT2D eigenvalue weighted by Gasteiger charge is 2.06. The Balaban J connectivity index is 1.54. The standard InChI is InChI=1S/C20H17N5/c1-15-20(25-13-3-2-4-19(25)22-15)24-23-18-7-5-16(6-8-18)14-17-9-11-21-12-10-17/h2-13H,14H2,1H3. The summed E-state index contributed by atoms with van der Waals surface area (Å²) in [6, 6.07) is 18.1. The fraction of sp³-hybridized carbons (Fsp3) is 0.100. The average molecular weight is 327 g/mol. The predicted molar refractivity (Wildman–Crippen MR) is 97.6 cm³/mol. The predicted octanol–water partition coefficient (Wildman–Crippen LogP) is 5.04. The summed E-state index contributed by atoms with van der Waals surface area (Å²) in [5, 5.41) is 8.76. The molecule has 0 fully saturated rings. The summed E-state index contributed by atoms with van der Waals surface area (Å²) in [5.41, 5.74) is 5.04. The highest BCUT2D eigenvalue weighted by Crippen LogP contribution is 2.23. The van der Waals surface area contributed by atoms with Crippen molar-refractivity contribution >= 4 is 17.2 Å². The number of hydrogen-bond acceptors (Lipinski definition) is 4. The van der Waals surface area contributed by atoms with Crippen LogP contribution in [0, 0.1) is 6.92 Å². The van der Waals surface area contributed by atoms with Crippen LogP contribution in [0.5, 0.6) is 0 Å². The van der Waals surface area contributed by atoms with Crippen molar-refractivity contribution in [2.75, 3.05) is 0 Å². The third-order valence-corrected chi connectivity index (χ3v) is 4.03. The molecule has 0 aliphatic rings. The lowest BCUT2D eigenvalue weighted by atomic mass is 10.1. The maximum atomic E-state index is 4.49. The molecule has 0 atom stereocenters. The smallest absolute Gasteiger partial charge is 0.182 e. The van der Waals surface area contributed by atoms with Crippen molar-refractivity contribution < 1.29 is 0 Å². The van der Waals surface area contributed by atoms with Crippen molar-refractivity contribution in [1.29, 1.82) is 0 Å². The van der Waals surface area contributed by atoms with Gasteiger partial charge in [0, 0.05) is 18.6 Å². The molecule has 3 heterocycles. The van der Waals surface area contributed by atoms with Gasteiger partial charge >= 0.3 is 0 Å². The van der Waals surface area contributed by atoms with E-state index in [1.807, 2.05) is 72.4 Å². The lowest BCUT2D eigenvalue weighted by Crippen LogP contribution is -1.87. The number of imidazole rings is 1. The van der Waals surface area contributed by atoms with Gasteiger partial charge in [0.15, 0.2) is 5.82 Å². The molecule has 4 rings (SSSR count). The van der Waals surface area contributed by atoms with E-state index < -0.39 is 0 Å². The van der Waals surface area contributed by atoms with Crippen molar-refractivity contribution in [2.24, 2.45) is 10.2 Å². The number of aromatic nitrogens is 3. The number of aryl methyl sites for hydroxylation is 1. The zero-order valence-electron chi connectivity index (χ0n) is 13.9. The van der Waals surface area contributed by atoms with Crippen molar-refractivity contribution in [1.82, 2.24) is 14.4 Å². The first kappa shape index (κ1) is 15.2. The second-order valence-corrected chi connectivity index (χ2v) is 5.85. The summed E-state index contributed by atoms with van der Waals surface area (Å²) in [5.74, 6) is 0.761. The van der Waals surface area contributed by atoms with E-state index in [-0.39, 0.29) is 0 Å². The molecule has 25 heavy (non-hydrogen) atoms. The van der Waals surface area contributed by atoms with Crippen LogP contribution in [0.2, 0.25) is 0 Å². The molecule has 1 aromatic carbocycles. The topological polar surface area (TPSA) is 54.9 Å². The van der Waals surface area contributed by atoms with E-state index in [0.717, 1.165) is 29.3 Å². The number of rotatable bonds is 4. The third kappa shape index (κ3) is 3.30. The Bertz CT molecular complexity index is 1020. The second kappa shape index (κ2) is 6.65. The fourth-order valence-electron chi connectivity index (χ4n) is 2.74. The van der Waals surface area contributed by atoms with Crippen molar-refractivity contribution in [3.63, 3.8) is 0 Å². The van der Waals surface area contributed by atoms with Gasteiger partial charge in [0.2, 0.25) is 0 Å². The molecule has 3 aromatic heterocycles. The Kier molecular flexibility index (Phi) is 4.04. The first-order valence-electron chi connectivity index (χ1n) is 8.13. The van der Waals surface area contributed by atoms with E-state index in [9.17, 15) is 0 Å². The van der Waals surface area contributed by atoms with Gasteiger partial charge < -0.3 is 0 Å². The van der Waals surface area contributed by atoms with Crippen LogP contribution in [0.25, 0.3) is 5.65 Å². The molecule has 5 nitrogen and oxygen atoms in total. The Labute approximate surface area is 145 Å². The summed E-state index contributed by atoms with van der Waals surface area (Å²) >= 11 is 0. The SMILES string of the molecule is Cc1nc2ccccn2c1N=Nc1ccc(Cc2ccncc2)cc1. The van der Waals surface area contributed by atoms with Gasteiger partial charge in [-0.1, -0.05) is 18.2 Å². The Morgan fingerprint density at radius 3 is 2.44 bits per heavy atom. The molecule has 0 spiro atoms. The molecule has 4 aromatic rings. The van der Waals surface area contributed by atoms with Gasteiger partial charge in [0.1, 0.15) is 5.65 Å². The fourth-order valence-corrected chi connectivity index (χ4v) is 2.74. The Hall–Kier alpha value is -3.34. The van der Waals surface area contributed by atoms with Crippen molar-refractivity contribution in [2.45, 2.75) is 13.3 Å². The molecule has 5 heteroatoms. The third-order valence-electron chi connectivity index (χ3n) is 4.03. The Morgan fingerprint density at radius 1 is 0.880 bits per heavy atom. The molecule has 0 N–H and O–H groups in total. The minimum atomic E-state index is 0.761. The molecule has 0 unspecified atom stereocenters. The summed E-state index contributed by atoms with van der Waals surface area (Å²) in [6.07, 6.45) is 6.46. The molecule has 0 saturated carbocycles. The number of nitrogens with zero attached hydrogens (tertiary/aromatic N) is 5. The van der Waals surface area contributed by atoms with Crippen LogP contribution in [-0.2, 0) is 6.42 Å². The number of fused-ring (bicyclic) bond motifs is 1. The molecule has 0 saturated heterocycles. The van der Waals surface area contributed by atoms with Crippen LogP contribution in [0.1, 0.15) is 16.8 Å². The first-order chi connectivity index (χ1) is 12.3. The minimum Gasteiger partial charge on any atom is -0.283 e. The average Bonchev–Trinajstić information content (AvgIpc) is 2.97. The van der Waals surface area contributed by atoms with Crippen LogP contribution in [-0.4, -0.2) is 14.4 Å². The number of hydrogen-bond donors (Lipinski definition) is 0. The van der Waals surface area contributed by atoms with Crippen LogP contribution >= 0.6 is 0 Å². The van der Waals surface area contributed by atoms with Gasteiger partial charge in [-0.15, -0.1) is 10.2 Å². The molecule has 0 radical (unpaired) electrons. The van der Waals surface area contributed by atoms with Gasteiger partial charge in [0.05, 0.1) is 11.4 Å². The minimum absolute atomic E-state index is 0.761. The number of azo groups is 1. The van der Waals surface area contributed by atoms with E-state index in [0.29, 0.717) is 0 Å². The van der Waals surface area contributed by atoms with Crippen LogP contribution < -0.4 is 0 Å². The maximum absolute atomic E-state index is 4.49. The first-order valence-corrected chi connectivity index (χ1v) is 8.13. The van der Waals surface area contributed by atoms with Gasteiger partial charge in [-0.05, 0) is 60.9 Å². The van der Waals surface area contributed by atoms with Gasteiger partial charge in [-0.3, -0.25) is 9.38 Å². The van der Waals surface area contributed by atoms with E-state index in [4.69, 9.17) is 0 Å². The van der Waals surface area contributed by atoms with Gasteiger partial charge in [-0.2, -0.15) is 0 Å². The number of benzene rings is 1. The normalized spacial score (nSPS) is 11.4. The molecular formula is C20H17N5.